The van der Waals surface area contributed by atoms with Crippen LogP contribution >= 0.6 is 11.3 Å². The molecule has 0 saturated heterocycles. The Morgan fingerprint density at radius 2 is 2.14 bits per heavy atom. The minimum Gasteiger partial charge on any atom is -0.467 e. The van der Waals surface area contributed by atoms with Gasteiger partial charge in [0, 0.05) is 19.0 Å². The van der Waals surface area contributed by atoms with Gasteiger partial charge in [-0.15, -0.1) is 11.3 Å². The topological polar surface area (TPSA) is 58.3 Å². The van der Waals surface area contributed by atoms with Crippen LogP contribution in [0.15, 0.2) is 47.1 Å². The molecule has 2 aromatic heterocycles. The molecule has 0 spiro atoms. The summed E-state index contributed by atoms with van der Waals surface area (Å²) in [4.78, 5) is 4.63. The monoisotopic (exact) mass is 302 g/mol. The molecule has 0 saturated carbocycles. The fourth-order valence-corrected chi connectivity index (χ4v) is 3.33. The van der Waals surface area contributed by atoms with Crippen LogP contribution in [0, 0.1) is 0 Å². The van der Waals surface area contributed by atoms with Crippen molar-refractivity contribution in [3.8, 4) is 0 Å². The summed E-state index contributed by atoms with van der Waals surface area (Å²) in [5.41, 5.74) is 1.06. The number of aliphatic hydroxyl groups excluding tert-OH is 1. The Morgan fingerprint density at radius 1 is 1.29 bits per heavy atom. The zero-order valence-corrected chi connectivity index (χ0v) is 12.6. The molecule has 0 aliphatic carbocycles. The SMILES string of the molecule is CC(Cc1nc2ccccc2s1)NCC(O)c1ccco1. The second kappa shape index (κ2) is 6.39. The molecule has 2 atom stereocenters. The maximum Gasteiger partial charge on any atom is 0.133 e. The number of aliphatic hydroxyl groups is 1. The van der Waals surface area contributed by atoms with Crippen LogP contribution in [0.1, 0.15) is 23.8 Å². The van der Waals surface area contributed by atoms with Crippen LogP contribution in [0.2, 0.25) is 0 Å². The van der Waals surface area contributed by atoms with Crippen molar-refractivity contribution < 1.29 is 9.52 Å². The molecule has 21 heavy (non-hydrogen) atoms. The molecule has 0 fully saturated rings. The standard InChI is InChI=1S/C16H18N2O2S/c1-11(17-10-13(19)14-6-4-8-20-14)9-16-18-12-5-2-3-7-15(12)21-16/h2-8,11,13,17,19H,9-10H2,1H3. The predicted molar refractivity (Wildman–Crippen MR) is 84.5 cm³/mol. The lowest BCUT2D eigenvalue weighted by Gasteiger charge is -2.14. The van der Waals surface area contributed by atoms with Gasteiger partial charge in [0.2, 0.25) is 0 Å². The van der Waals surface area contributed by atoms with Crippen molar-refractivity contribution in [1.29, 1.82) is 0 Å². The van der Waals surface area contributed by atoms with Crippen molar-refractivity contribution in [2.75, 3.05) is 6.54 Å². The van der Waals surface area contributed by atoms with E-state index in [9.17, 15) is 5.11 Å². The molecule has 0 aliphatic heterocycles. The molecule has 0 radical (unpaired) electrons. The number of aromatic nitrogens is 1. The third kappa shape index (κ3) is 3.50. The Balaban J connectivity index is 1.55. The number of para-hydroxylation sites is 1. The third-order valence-corrected chi connectivity index (χ3v) is 4.41. The van der Waals surface area contributed by atoms with E-state index >= 15 is 0 Å². The number of nitrogens with zero attached hydrogens (tertiary/aromatic N) is 1. The number of hydrogen-bond acceptors (Lipinski definition) is 5. The average molecular weight is 302 g/mol. The molecular formula is C16H18N2O2S. The Bertz CT molecular complexity index is 660. The zero-order chi connectivity index (χ0) is 14.7. The molecule has 3 aromatic rings. The van der Waals surface area contributed by atoms with Crippen molar-refractivity contribution >= 4 is 21.6 Å². The minimum absolute atomic E-state index is 0.246. The second-order valence-electron chi connectivity index (χ2n) is 5.12. The largest absolute Gasteiger partial charge is 0.467 e. The molecule has 5 heteroatoms. The first kappa shape index (κ1) is 14.3. The van der Waals surface area contributed by atoms with Gasteiger partial charge in [0.15, 0.2) is 0 Å². The number of fused-ring (bicyclic) bond motifs is 1. The van der Waals surface area contributed by atoms with Crippen LogP contribution in [0.4, 0.5) is 0 Å². The fraction of sp³-hybridized carbons (Fsp3) is 0.312. The summed E-state index contributed by atoms with van der Waals surface area (Å²) < 4.78 is 6.40. The maximum atomic E-state index is 9.97. The number of thiazole rings is 1. The molecule has 0 amide bonds. The van der Waals surface area contributed by atoms with Crippen LogP contribution in [0.3, 0.4) is 0 Å². The minimum atomic E-state index is -0.613. The molecule has 2 unspecified atom stereocenters. The van der Waals surface area contributed by atoms with Gasteiger partial charge in [0.25, 0.3) is 0 Å². The van der Waals surface area contributed by atoms with Gasteiger partial charge >= 0.3 is 0 Å². The van der Waals surface area contributed by atoms with Gasteiger partial charge in [0.1, 0.15) is 11.9 Å². The fourth-order valence-electron chi connectivity index (χ4n) is 2.24. The number of furan rings is 1. The smallest absolute Gasteiger partial charge is 0.133 e. The van der Waals surface area contributed by atoms with E-state index in [-0.39, 0.29) is 6.04 Å². The molecule has 0 aliphatic rings. The Hall–Kier alpha value is -1.69. The highest BCUT2D eigenvalue weighted by Gasteiger charge is 2.13. The Kier molecular flexibility index (Phi) is 4.34. The molecule has 4 nitrogen and oxygen atoms in total. The zero-order valence-electron chi connectivity index (χ0n) is 11.8. The molecule has 110 valence electrons. The lowest BCUT2D eigenvalue weighted by atomic mass is 10.2. The van der Waals surface area contributed by atoms with Gasteiger partial charge in [-0.05, 0) is 31.2 Å². The summed E-state index contributed by atoms with van der Waals surface area (Å²) in [6, 6.07) is 12.0. The molecule has 3 rings (SSSR count). The van der Waals surface area contributed by atoms with Gasteiger partial charge in [0.05, 0.1) is 21.5 Å². The summed E-state index contributed by atoms with van der Waals surface area (Å²) >= 11 is 1.73. The molecule has 2 N–H and O–H groups in total. The highest BCUT2D eigenvalue weighted by molar-refractivity contribution is 7.18. The highest BCUT2D eigenvalue weighted by Crippen LogP contribution is 2.22. The van der Waals surface area contributed by atoms with Crippen LogP contribution in [0.5, 0.6) is 0 Å². The van der Waals surface area contributed by atoms with Gasteiger partial charge < -0.3 is 14.8 Å². The Labute approximate surface area is 127 Å². The van der Waals surface area contributed by atoms with Crippen molar-refractivity contribution in [2.45, 2.75) is 25.5 Å². The van der Waals surface area contributed by atoms with Crippen molar-refractivity contribution in [3.05, 3.63) is 53.4 Å². The summed E-state index contributed by atoms with van der Waals surface area (Å²) in [6.07, 6.45) is 1.81. The first-order valence-corrected chi connectivity index (χ1v) is 7.83. The van der Waals surface area contributed by atoms with Gasteiger partial charge in [-0.25, -0.2) is 4.98 Å². The van der Waals surface area contributed by atoms with Crippen LogP contribution < -0.4 is 5.32 Å². The van der Waals surface area contributed by atoms with Crippen LogP contribution in [-0.2, 0) is 6.42 Å². The van der Waals surface area contributed by atoms with Crippen molar-refractivity contribution in [2.24, 2.45) is 0 Å². The third-order valence-electron chi connectivity index (χ3n) is 3.35. The molecular weight excluding hydrogens is 284 g/mol. The first-order chi connectivity index (χ1) is 10.2. The summed E-state index contributed by atoms with van der Waals surface area (Å²) in [5, 5.41) is 14.4. The van der Waals surface area contributed by atoms with E-state index in [2.05, 4.69) is 23.3 Å². The second-order valence-corrected chi connectivity index (χ2v) is 6.24. The van der Waals surface area contributed by atoms with E-state index in [1.54, 1.807) is 29.7 Å². The van der Waals surface area contributed by atoms with Gasteiger partial charge in [-0.1, -0.05) is 12.1 Å². The normalized spacial score (nSPS) is 14.4. The lowest BCUT2D eigenvalue weighted by Crippen LogP contribution is -2.31. The Morgan fingerprint density at radius 3 is 2.90 bits per heavy atom. The maximum absolute atomic E-state index is 9.97. The molecule has 0 bridgehead atoms. The summed E-state index contributed by atoms with van der Waals surface area (Å²) in [7, 11) is 0. The number of benzene rings is 1. The lowest BCUT2D eigenvalue weighted by molar-refractivity contribution is 0.144. The van der Waals surface area contributed by atoms with E-state index in [1.165, 1.54) is 4.70 Å². The first-order valence-electron chi connectivity index (χ1n) is 7.01. The summed E-state index contributed by atoms with van der Waals surface area (Å²) in [6.45, 7) is 2.57. The number of hydrogen-bond donors (Lipinski definition) is 2. The summed E-state index contributed by atoms with van der Waals surface area (Å²) in [5.74, 6) is 0.592. The predicted octanol–water partition coefficient (Wildman–Crippen LogP) is 3.14. The molecule has 2 heterocycles. The van der Waals surface area contributed by atoms with E-state index in [0.717, 1.165) is 16.9 Å². The highest BCUT2D eigenvalue weighted by atomic mass is 32.1. The van der Waals surface area contributed by atoms with Crippen molar-refractivity contribution in [3.63, 3.8) is 0 Å². The van der Waals surface area contributed by atoms with Crippen LogP contribution in [-0.4, -0.2) is 22.7 Å². The van der Waals surface area contributed by atoms with E-state index in [4.69, 9.17) is 4.42 Å². The quantitative estimate of drug-likeness (QED) is 0.734. The van der Waals surface area contributed by atoms with Crippen LogP contribution in [0.25, 0.3) is 10.2 Å². The van der Waals surface area contributed by atoms with E-state index in [1.807, 2.05) is 18.2 Å². The van der Waals surface area contributed by atoms with Crippen molar-refractivity contribution in [1.82, 2.24) is 10.3 Å². The number of nitrogens with one attached hydrogen (secondary N) is 1. The van der Waals surface area contributed by atoms with E-state index < -0.39 is 6.10 Å². The number of rotatable bonds is 6. The molecule has 1 aromatic carbocycles. The van der Waals surface area contributed by atoms with E-state index in [0.29, 0.717) is 12.3 Å². The van der Waals surface area contributed by atoms with Gasteiger partial charge in [-0.3, -0.25) is 0 Å². The van der Waals surface area contributed by atoms with Gasteiger partial charge in [-0.2, -0.15) is 0 Å². The average Bonchev–Trinajstić information content (AvgIpc) is 3.13.